The first kappa shape index (κ1) is 14.0. The molecule has 1 aromatic rings. The van der Waals surface area contributed by atoms with Crippen LogP contribution in [0.3, 0.4) is 0 Å². The Morgan fingerprint density at radius 1 is 1.30 bits per heavy atom. The third kappa shape index (κ3) is 2.61. The first-order valence-corrected chi connectivity index (χ1v) is 7.70. The number of rotatable bonds is 3. The maximum atomic E-state index is 13.4. The number of aliphatic hydroxyl groups excluding tert-OH is 1. The quantitative estimate of drug-likeness (QED) is 0.915. The second kappa shape index (κ2) is 5.45. The Labute approximate surface area is 120 Å². The predicted octanol–water partition coefficient (Wildman–Crippen LogP) is 3.43. The molecule has 2 saturated heterocycles. The molecule has 3 atom stereocenters. The molecule has 3 rings (SSSR count). The van der Waals surface area contributed by atoms with Crippen molar-refractivity contribution in [2.24, 2.45) is 5.92 Å². The Bertz CT molecular complexity index is 476. The summed E-state index contributed by atoms with van der Waals surface area (Å²) in [7, 11) is 2.23. The number of halogens is 1. The summed E-state index contributed by atoms with van der Waals surface area (Å²) in [5.74, 6) is 0.314. The zero-order valence-corrected chi connectivity index (χ0v) is 12.3. The van der Waals surface area contributed by atoms with E-state index in [2.05, 4.69) is 11.9 Å². The summed E-state index contributed by atoms with van der Waals surface area (Å²) in [5.41, 5.74) is 1.74. The molecule has 1 N–H and O–H groups in total. The number of aryl methyl sites for hydroxylation is 1. The van der Waals surface area contributed by atoms with Gasteiger partial charge in [-0.15, -0.1) is 0 Å². The fraction of sp³-hybridized carbons (Fsp3) is 0.647. The third-order valence-corrected chi connectivity index (χ3v) is 5.35. The molecule has 0 radical (unpaired) electrons. The van der Waals surface area contributed by atoms with Crippen LogP contribution in [0.25, 0.3) is 0 Å². The van der Waals surface area contributed by atoms with Crippen molar-refractivity contribution in [3.8, 4) is 0 Å². The second-order valence-electron chi connectivity index (χ2n) is 6.64. The van der Waals surface area contributed by atoms with E-state index in [9.17, 15) is 9.50 Å². The zero-order chi connectivity index (χ0) is 14.3. The molecule has 2 aliphatic rings. The molecule has 0 aliphatic carbocycles. The minimum absolute atomic E-state index is 0.256. The van der Waals surface area contributed by atoms with E-state index in [1.165, 1.54) is 37.8 Å². The average molecular weight is 277 g/mol. The van der Waals surface area contributed by atoms with Crippen molar-refractivity contribution in [1.29, 1.82) is 0 Å². The molecule has 110 valence electrons. The van der Waals surface area contributed by atoms with Gasteiger partial charge in [0.05, 0.1) is 6.10 Å². The number of piperidine rings is 1. The topological polar surface area (TPSA) is 23.5 Å². The molecular weight excluding hydrogens is 253 g/mol. The van der Waals surface area contributed by atoms with E-state index in [1.807, 2.05) is 6.92 Å². The van der Waals surface area contributed by atoms with Gasteiger partial charge >= 0.3 is 0 Å². The van der Waals surface area contributed by atoms with Gasteiger partial charge in [-0.25, -0.2) is 4.39 Å². The number of nitrogens with zero attached hydrogens (tertiary/aromatic N) is 1. The van der Waals surface area contributed by atoms with Crippen molar-refractivity contribution in [1.82, 2.24) is 4.90 Å². The lowest BCUT2D eigenvalue weighted by Gasteiger charge is -2.37. The lowest BCUT2D eigenvalue weighted by Crippen LogP contribution is -2.40. The lowest BCUT2D eigenvalue weighted by atomic mass is 9.84. The molecule has 2 bridgehead atoms. The molecule has 2 nitrogen and oxygen atoms in total. The van der Waals surface area contributed by atoms with E-state index in [4.69, 9.17) is 0 Å². The molecule has 2 aliphatic heterocycles. The van der Waals surface area contributed by atoms with Gasteiger partial charge in [-0.1, -0.05) is 6.07 Å². The Kier molecular flexibility index (Phi) is 3.83. The normalized spacial score (nSPS) is 31.5. The van der Waals surface area contributed by atoms with Crippen LogP contribution in [0.15, 0.2) is 18.2 Å². The SMILES string of the molecule is Cc1ccc(F)cc1C(O)CC1CC2CCC(C1)N2C. The smallest absolute Gasteiger partial charge is 0.123 e. The summed E-state index contributed by atoms with van der Waals surface area (Å²) in [6, 6.07) is 6.09. The summed E-state index contributed by atoms with van der Waals surface area (Å²) in [5, 5.41) is 10.5. The average Bonchev–Trinajstić information content (AvgIpc) is 2.64. The maximum absolute atomic E-state index is 13.4. The van der Waals surface area contributed by atoms with Gasteiger partial charge in [0.2, 0.25) is 0 Å². The van der Waals surface area contributed by atoms with Crippen LogP contribution in [0.4, 0.5) is 4.39 Å². The van der Waals surface area contributed by atoms with Gasteiger partial charge in [-0.2, -0.15) is 0 Å². The van der Waals surface area contributed by atoms with E-state index in [1.54, 1.807) is 6.07 Å². The van der Waals surface area contributed by atoms with Crippen LogP contribution in [-0.2, 0) is 0 Å². The number of benzene rings is 1. The van der Waals surface area contributed by atoms with E-state index in [0.29, 0.717) is 18.0 Å². The van der Waals surface area contributed by atoms with Gasteiger partial charge in [0.25, 0.3) is 0 Å². The monoisotopic (exact) mass is 277 g/mol. The zero-order valence-electron chi connectivity index (χ0n) is 12.3. The van der Waals surface area contributed by atoms with Gasteiger partial charge in [-0.3, -0.25) is 0 Å². The molecular formula is C17H24FNO. The summed E-state index contributed by atoms with van der Waals surface area (Å²) in [4.78, 5) is 2.51. The lowest BCUT2D eigenvalue weighted by molar-refractivity contribution is 0.0832. The van der Waals surface area contributed by atoms with Crippen molar-refractivity contribution >= 4 is 0 Å². The third-order valence-electron chi connectivity index (χ3n) is 5.35. The first-order chi connectivity index (χ1) is 9.54. The van der Waals surface area contributed by atoms with E-state index in [0.717, 1.165) is 17.5 Å². The molecule has 2 fully saturated rings. The van der Waals surface area contributed by atoms with Crippen molar-refractivity contribution in [2.45, 2.75) is 57.2 Å². The highest BCUT2D eigenvalue weighted by molar-refractivity contribution is 5.28. The standard InChI is InChI=1S/C17H24FNO/c1-11-3-4-13(18)10-16(11)17(20)9-12-7-14-5-6-15(8-12)19(14)2/h3-4,10,12,14-15,17,20H,5-9H2,1-2H3. The first-order valence-electron chi connectivity index (χ1n) is 7.70. The van der Waals surface area contributed by atoms with Crippen LogP contribution >= 0.6 is 0 Å². The Balaban J connectivity index is 1.67. The molecule has 0 amide bonds. The fourth-order valence-electron chi connectivity index (χ4n) is 4.13. The van der Waals surface area contributed by atoms with Crippen LogP contribution in [0.5, 0.6) is 0 Å². The molecule has 3 heteroatoms. The minimum Gasteiger partial charge on any atom is -0.388 e. The van der Waals surface area contributed by atoms with Gasteiger partial charge < -0.3 is 10.0 Å². The van der Waals surface area contributed by atoms with Gasteiger partial charge in [0.1, 0.15) is 5.82 Å². The van der Waals surface area contributed by atoms with Crippen LogP contribution in [0.1, 0.15) is 49.3 Å². The highest BCUT2D eigenvalue weighted by atomic mass is 19.1. The van der Waals surface area contributed by atoms with Crippen LogP contribution < -0.4 is 0 Å². The summed E-state index contributed by atoms with van der Waals surface area (Å²) < 4.78 is 13.4. The number of hydrogen-bond donors (Lipinski definition) is 1. The van der Waals surface area contributed by atoms with Crippen molar-refractivity contribution in [3.05, 3.63) is 35.1 Å². The largest absolute Gasteiger partial charge is 0.388 e. The fourth-order valence-corrected chi connectivity index (χ4v) is 4.13. The predicted molar refractivity (Wildman–Crippen MR) is 78.0 cm³/mol. The van der Waals surface area contributed by atoms with Crippen LogP contribution in [0, 0.1) is 18.7 Å². The minimum atomic E-state index is -0.529. The highest BCUT2D eigenvalue weighted by Crippen LogP contribution is 2.41. The van der Waals surface area contributed by atoms with Crippen LogP contribution in [0.2, 0.25) is 0 Å². The van der Waals surface area contributed by atoms with Crippen molar-refractivity contribution < 1.29 is 9.50 Å². The summed E-state index contributed by atoms with van der Waals surface area (Å²) in [6.45, 7) is 1.94. The van der Waals surface area contributed by atoms with Crippen LogP contribution in [-0.4, -0.2) is 29.1 Å². The molecule has 20 heavy (non-hydrogen) atoms. The van der Waals surface area contributed by atoms with Gasteiger partial charge in [0, 0.05) is 12.1 Å². The Morgan fingerprint density at radius 3 is 2.60 bits per heavy atom. The molecule has 0 saturated carbocycles. The van der Waals surface area contributed by atoms with Gasteiger partial charge in [0.15, 0.2) is 0 Å². The maximum Gasteiger partial charge on any atom is 0.123 e. The molecule has 1 aromatic carbocycles. The summed E-state index contributed by atoms with van der Waals surface area (Å²) >= 11 is 0. The second-order valence-corrected chi connectivity index (χ2v) is 6.64. The highest BCUT2D eigenvalue weighted by Gasteiger charge is 2.38. The molecule has 3 unspecified atom stereocenters. The molecule has 0 aromatic heterocycles. The number of hydrogen-bond acceptors (Lipinski definition) is 2. The Hall–Kier alpha value is -0.930. The van der Waals surface area contributed by atoms with E-state index in [-0.39, 0.29) is 5.82 Å². The van der Waals surface area contributed by atoms with Crippen molar-refractivity contribution in [2.75, 3.05) is 7.05 Å². The molecule has 2 heterocycles. The van der Waals surface area contributed by atoms with Gasteiger partial charge in [-0.05, 0) is 75.3 Å². The summed E-state index contributed by atoms with van der Waals surface area (Å²) in [6.07, 6.45) is 5.19. The number of fused-ring (bicyclic) bond motifs is 2. The van der Waals surface area contributed by atoms with Crippen molar-refractivity contribution in [3.63, 3.8) is 0 Å². The van der Waals surface area contributed by atoms with E-state index >= 15 is 0 Å². The van der Waals surface area contributed by atoms with E-state index < -0.39 is 6.10 Å². The Morgan fingerprint density at radius 2 is 1.95 bits per heavy atom. The molecule has 0 spiro atoms. The number of aliphatic hydroxyl groups is 1.